The fourth-order valence-electron chi connectivity index (χ4n) is 5.44. The molecule has 3 aromatic rings. The third-order valence-corrected chi connectivity index (χ3v) is 9.91. The maximum Gasteiger partial charge on any atom is 0.407 e. The quantitative estimate of drug-likeness (QED) is 0.325. The first-order valence-corrected chi connectivity index (χ1v) is 16.5. The van der Waals surface area contributed by atoms with Gasteiger partial charge in [-0.25, -0.2) is 28.2 Å². The van der Waals surface area contributed by atoms with Crippen molar-refractivity contribution in [2.75, 3.05) is 12.4 Å². The van der Waals surface area contributed by atoms with Crippen molar-refractivity contribution >= 4 is 32.8 Å². The average Bonchev–Trinajstić information content (AvgIpc) is 3.79. The van der Waals surface area contributed by atoms with Gasteiger partial charge in [-0.15, -0.1) is 0 Å². The van der Waals surface area contributed by atoms with Crippen LogP contribution >= 0.6 is 0 Å². The standard InChI is InChI=1S/C31H41N5O5S/c1-6-19-15-20(26-14-11-24(33-28(26)40-5)18-42(38,39)25-12-13-25)16-21-17-32-29(36-27(19)21)34-22-7-9-23(10-8-22)35-30(37)41-31(2,3)4/h11,14-17,22-23,25H,6-10,12-13,18H2,1-5H3,(H,35,37)(H,32,34,36). The van der Waals surface area contributed by atoms with E-state index in [4.69, 9.17) is 14.5 Å². The van der Waals surface area contributed by atoms with Crippen molar-refractivity contribution < 1.29 is 22.7 Å². The Morgan fingerprint density at radius 1 is 1.02 bits per heavy atom. The third-order valence-electron chi connectivity index (χ3n) is 7.73. The van der Waals surface area contributed by atoms with Gasteiger partial charge in [-0.3, -0.25) is 0 Å². The first kappa shape index (κ1) is 30.0. The van der Waals surface area contributed by atoms with Crippen molar-refractivity contribution in [2.24, 2.45) is 0 Å². The van der Waals surface area contributed by atoms with Crippen molar-refractivity contribution in [1.29, 1.82) is 0 Å². The Balaban J connectivity index is 1.28. The number of methoxy groups -OCH3 is 1. The number of carbonyl (C=O) groups excluding carboxylic acids is 1. The molecule has 226 valence electrons. The Morgan fingerprint density at radius 3 is 2.38 bits per heavy atom. The highest BCUT2D eigenvalue weighted by atomic mass is 32.2. The van der Waals surface area contributed by atoms with Crippen LogP contribution in [-0.4, -0.2) is 59.5 Å². The molecule has 5 rings (SSSR count). The van der Waals surface area contributed by atoms with Crippen molar-refractivity contribution in [3.63, 3.8) is 0 Å². The summed E-state index contributed by atoms with van der Waals surface area (Å²) in [7, 11) is -1.62. The molecule has 2 heterocycles. The number of alkyl carbamates (subject to hydrolysis) is 1. The van der Waals surface area contributed by atoms with Crippen LogP contribution in [0.5, 0.6) is 5.88 Å². The molecule has 2 aromatic heterocycles. The molecule has 2 fully saturated rings. The molecule has 2 aliphatic carbocycles. The van der Waals surface area contributed by atoms with Gasteiger partial charge >= 0.3 is 6.09 Å². The van der Waals surface area contributed by atoms with Gasteiger partial charge in [0, 0.05) is 29.2 Å². The van der Waals surface area contributed by atoms with Crippen molar-refractivity contribution in [1.82, 2.24) is 20.3 Å². The summed E-state index contributed by atoms with van der Waals surface area (Å²) < 4.78 is 35.9. The zero-order valence-electron chi connectivity index (χ0n) is 25.1. The second-order valence-corrected chi connectivity index (χ2v) is 14.6. The molecular weight excluding hydrogens is 554 g/mol. The molecule has 2 N–H and O–H groups in total. The number of benzene rings is 1. The largest absolute Gasteiger partial charge is 0.481 e. The molecule has 0 atom stereocenters. The van der Waals surface area contributed by atoms with Crippen LogP contribution in [-0.2, 0) is 26.7 Å². The molecule has 10 nitrogen and oxygen atoms in total. The highest BCUT2D eigenvalue weighted by molar-refractivity contribution is 7.91. The fourth-order valence-corrected chi connectivity index (χ4v) is 7.10. The van der Waals surface area contributed by atoms with E-state index in [1.54, 1.807) is 13.2 Å². The molecule has 1 aromatic carbocycles. The molecule has 0 aliphatic heterocycles. The summed E-state index contributed by atoms with van der Waals surface area (Å²) in [5.41, 5.74) is 3.65. The van der Waals surface area contributed by atoms with Crippen LogP contribution in [0.2, 0.25) is 0 Å². The lowest BCUT2D eigenvalue weighted by Crippen LogP contribution is -2.42. The first-order chi connectivity index (χ1) is 19.9. The molecule has 2 saturated carbocycles. The summed E-state index contributed by atoms with van der Waals surface area (Å²) in [5.74, 6) is 0.919. The number of hydrogen-bond acceptors (Lipinski definition) is 9. The number of aromatic nitrogens is 3. The number of amides is 1. The molecule has 42 heavy (non-hydrogen) atoms. The minimum atomic E-state index is -3.17. The van der Waals surface area contributed by atoms with Gasteiger partial charge in [-0.1, -0.05) is 6.92 Å². The summed E-state index contributed by atoms with van der Waals surface area (Å²) in [6.45, 7) is 7.67. The lowest BCUT2D eigenvalue weighted by atomic mass is 9.91. The lowest BCUT2D eigenvalue weighted by Gasteiger charge is -2.30. The number of pyridine rings is 1. The molecule has 0 bridgehead atoms. The van der Waals surface area contributed by atoms with E-state index < -0.39 is 15.4 Å². The van der Waals surface area contributed by atoms with E-state index in [0.29, 0.717) is 17.5 Å². The van der Waals surface area contributed by atoms with Crippen LogP contribution in [0.1, 0.15) is 77.5 Å². The minimum Gasteiger partial charge on any atom is -0.481 e. The molecule has 0 unspecified atom stereocenters. The SMILES string of the molecule is CCc1cc(-c2ccc(CS(=O)(=O)C3CC3)nc2OC)cc2cnc(NC3CCC(NC(=O)OC(C)(C)C)CC3)nc12. The number of ether oxygens (including phenoxy) is 2. The minimum absolute atomic E-state index is 0.0717. The Morgan fingerprint density at radius 2 is 1.74 bits per heavy atom. The Labute approximate surface area is 248 Å². The number of nitrogens with zero attached hydrogens (tertiary/aromatic N) is 3. The number of hydrogen-bond donors (Lipinski definition) is 2. The van der Waals surface area contributed by atoms with Gasteiger partial charge in [-0.2, -0.15) is 0 Å². The number of anilines is 1. The van der Waals surface area contributed by atoms with Crippen LogP contribution in [0, 0.1) is 0 Å². The van der Waals surface area contributed by atoms with Crippen LogP contribution in [0.15, 0.2) is 30.5 Å². The average molecular weight is 596 g/mol. The molecule has 0 spiro atoms. The third kappa shape index (κ3) is 7.29. The van der Waals surface area contributed by atoms with E-state index in [2.05, 4.69) is 33.6 Å². The van der Waals surface area contributed by atoms with E-state index in [9.17, 15) is 13.2 Å². The maximum absolute atomic E-state index is 12.5. The van der Waals surface area contributed by atoms with Crippen molar-refractivity contribution in [2.45, 2.75) is 101 Å². The summed E-state index contributed by atoms with van der Waals surface area (Å²) in [5, 5.41) is 7.15. The van der Waals surface area contributed by atoms with Crippen LogP contribution in [0.3, 0.4) is 0 Å². The molecule has 1 amide bonds. The van der Waals surface area contributed by atoms with E-state index in [1.807, 2.05) is 39.1 Å². The number of aryl methyl sites for hydroxylation is 1. The second kappa shape index (κ2) is 12.0. The van der Waals surface area contributed by atoms with Crippen molar-refractivity contribution in [3.8, 4) is 17.0 Å². The summed E-state index contributed by atoms with van der Waals surface area (Å²) in [4.78, 5) is 26.2. The van der Waals surface area contributed by atoms with Gasteiger partial charge in [0.1, 0.15) is 5.60 Å². The summed E-state index contributed by atoms with van der Waals surface area (Å²) >= 11 is 0. The normalized spacial score (nSPS) is 19.4. The van der Waals surface area contributed by atoms with Gasteiger partial charge < -0.3 is 20.1 Å². The summed E-state index contributed by atoms with van der Waals surface area (Å²) in [6.07, 6.45) is 7.22. The number of rotatable bonds is 9. The second-order valence-electron chi connectivity index (χ2n) is 12.3. The molecule has 11 heteroatoms. The Bertz CT molecular complexity index is 1560. The smallest absolute Gasteiger partial charge is 0.407 e. The summed E-state index contributed by atoms with van der Waals surface area (Å²) in [6, 6.07) is 8.09. The molecular formula is C31H41N5O5S. The predicted octanol–water partition coefficient (Wildman–Crippen LogP) is 5.59. The zero-order valence-corrected chi connectivity index (χ0v) is 25.9. The number of fused-ring (bicyclic) bond motifs is 1. The molecule has 0 radical (unpaired) electrons. The number of carbonyl (C=O) groups is 1. The highest BCUT2D eigenvalue weighted by Gasteiger charge is 2.36. The van der Waals surface area contributed by atoms with E-state index in [-0.39, 0.29) is 29.2 Å². The van der Waals surface area contributed by atoms with Gasteiger partial charge in [0.25, 0.3) is 0 Å². The van der Waals surface area contributed by atoms with Gasteiger partial charge in [0.15, 0.2) is 9.84 Å². The molecule has 2 aliphatic rings. The van der Waals surface area contributed by atoms with E-state index in [1.165, 1.54) is 0 Å². The Hall–Kier alpha value is -3.47. The maximum atomic E-state index is 12.5. The van der Waals surface area contributed by atoms with E-state index >= 15 is 0 Å². The van der Waals surface area contributed by atoms with Crippen LogP contribution in [0.25, 0.3) is 22.0 Å². The highest BCUT2D eigenvalue weighted by Crippen LogP contribution is 2.35. The van der Waals surface area contributed by atoms with Gasteiger partial charge in [0.05, 0.1) is 29.3 Å². The number of nitrogens with one attached hydrogen (secondary N) is 2. The monoisotopic (exact) mass is 595 g/mol. The lowest BCUT2D eigenvalue weighted by molar-refractivity contribution is 0.0492. The predicted molar refractivity (Wildman–Crippen MR) is 163 cm³/mol. The zero-order chi connectivity index (χ0) is 30.1. The fraction of sp³-hybridized carbons (Fsp3) is 0.548. The van der Waals surface area contributed by atoms with Gasteiger partial charge in [0.2, 0.25) is 11.8 Å². The van der Waals surface area contributed by atoms with Crippen LogP contribution < -0.4 is 15.4 Å². The van der Waals surface area contributed by atoms with Gasteiger partial charge in [-0.05, 0) is 101 Å². The molecule has 0 saturated heterocycles. The topological polar surface area (TPSA) is 132 Å². The first-order valence-electron chi connectivity index (χ1n) is 14.8. The van der Waals surface area contributed by atoms with E-state index in [0.717, 1.165) is 72.5 Å². The van der Waals surface area contributed by atoms with Crippen LogP contribution in [0.4, 0.5) is 10.7 Å². The number of sulfone groups is 1. The Kier molecular flexibility index (Phi) is 8.59. The van der Waals surface area contributed by atoms with Crippen molar-refractivity contribution in [3.05, 3.63) is 41.7 Å².